The second-order valence-corrected chi connectivity index (χ2v) is 10.9. The van der Waals surface area contributed by atoms with Crippen LogP contribution in [-0.4, -0.2) is 5.91 Å². The summed E-state index contributed by atoms with van der Waals surface area (Å²) in [7, 11) is 0. The lowest BCUT2D eigenvalue weighted by Crippen LogP contribution is -2.35. The molecule has 0 unspecified atom stereocenters. The Hall–Kier alpha value is -3.07. The van der Waals surface area contributed by atoms with E-state index in [4.69, 9.17) is 0 Å². The number of carbonyl (C=O) groups excluding carboxylic acids is 1. The van der Waals surface area contributed by atoms with Crippen LogP contribution >= 0.6 is 0 Å². The maximum atomic E-state index is 13.4. The maximum absolute atomic E-state index is 13.4. The third-order valence-electron chi connectivity index (χ3n) is 8.67. The van der Waals surface area contributed by atoms with Gasteiger partial charge in [0.15, 0.2) is 0 Å². The Kier molecular flexibility index (Phi) is 5.24. The van der Waals surface area contributed by atoms with Crippen LogP contribution in [-0.2, 0) is 0 Å². The highest BCUT2D eigenvalue weighted by atomic mass is 16.1. The molecule has 0 radical (unpaired) electrons. The van der Waals surface area contributed by atoms with E-state index in [0.717, 1.165) is 28.7 Å². The van der Waals surface area contributed by atoms with E-state index in [-0.39, 0.29) is 5.91 Å². The summed E-state index contributed by atoms with van der Waals surface area (Å²) < 4.78 is 0. The Morgan fingerprint density at radius 3 is 2.56 bits per heavy atom. The van der Waals surface area contributed by atoms with Gasteiger partial charge in [-0.2, -0.15) is 0 Å². The molecule has 1 aliphatic heterocycles. The van der Waals surface area contributed by atoms with E-state index >= 15 is 0 Å². The van der Waals surface area contributed by atoms with Crippen LogP contribution in [0.2, 0.25) is 0 Å². The Morgan fingerprint density at radius 2 is 1.76 bits per heavy atom. The summed E-state index contributed by atoms with van der Waals surface area (Å²) in [4.78, 5) is 13.4. The molecule has 3 nitrogen and oxygen atoms in total. The minimum Gasteiger partial charge on any atom is -0.378 e. The van der Waals surface area contributed by atoms with Crippen molar-refractivity contribution in [2.45, 2.75) is 57.9 Å². The van der Waals surface area contributed by atoms with Gasteiger partial charge in [-0.05, 0) is 96.2 Å². The first-order chi connectivity index (χ1) is 16.5. The standard InChI is InChI=1S/C31H34N2O/c1-18(2)24-11-7-8-19(3)29(24)33-31(34)23-14-15-26-25(17-23)27-21-12-13-22(16-21)28(27)30(32-26)20-9-5-4-6-10-20/h4-11,14-15,17-18,21-22,27-28,30,32H,12-13,16H2,1-3H3,(H,33,34)/t21-,22-,27-,28-,30-/m0/s1. The van der Waals surface area contributed by atoms with E-state index < -0.39 is 0 Å². The minimum absolute atomic E-state index is 0.0103. The fourth-order valence-corrected chi connectivity index (χ4v) is 7.15. The number of aryl methyl sites for hydroxylation is 1. The Balaban J connectivity index is 1.35. The van der Waals surface area contributed by atoms with E-state index in [0.29, 0.717) is 23.8 Å². The summed E-state index contributed by atoms with van der Waals surface area (Å²) in [5.41, 5.74) is 7.96. The monoisotopic (exact) mass is 450 g/mol. The van der Waals surface area contributed by atoms with Crippen LogP contribution in [0, 0.1) is 24.7 Å². The van der Waals surface area contributed by atoms with Crippen molar-refractivity contribution in [2.75, 3.05) is 10.6 Å². The molecule has 2 saturated carbocycles. The van der Waals surface area contributed by atoms with Crippen molar-refractivity contribution in [3.63, 3.8) is 0 Å². The van der Waals surface area contributed by atoms with Crippen LogP contribution in [0.1, 0.15) is 83.6 Å². The van der Waals surface area contributed by atoms with Crippen LogP contribution in [0.5, 0.6) is 0 Å². The number of carbonyl (C=O) groups is 1. The normalized spacial score (nSPS) is 26.6. The summed E-state index contributed by atoms with van der Waals surface area (Å²) in [6, 6.07) is 23.9. The molecule has 6 rings (SSSR count). The van der Waals surface area contributed by atoms with Gasteiger partial charge in [-0.15, -0.1) is 0 Å². The van der Waals surface area contributed by atoms with Gasteiger partial charge in [0.2, 0.25) is 0 Å². The molecule has 3 aromatic carbocycles. The summed E-state index contributed by atoms with van der Waals surface area (Å²) in [6.07, 6.45) is 4.00. The lowest BCUT2D eigenvalue weighted by Gasteiger charge is -2.43. The molecule has 34 heavy (non-hydrogen) atoms. The molecule has 0 saturated heterocycles. The number of anilines is 2. The zero-order valence-electron chi connectivity index (χ0n) is 20.3. The largest absolute Gasteiger partial charge is 0.378 e. The molecule has 174 valence electrons. The predicted molar refractivity (Wildman–Crippen MR) is 140 cm³/mol. The first-order valence-corrected chi connectivity index (χ1v) is 12.9. The molecule has 1 amide bonds. The second-order valence-electron chi connectivity index (χ2n) is 10.9. The number of hydrogen-bond donors (Lipinski definition) is 2. The predicted octanol–water partition coefficient (Wildman–Crippen LogP) is 7.67. The quantitative estimate of drug-likeness (QED) is 0.428. The van der Waals surface area contributed by atoms with Gasteiger partial charge in [0, 0.05) is 16.9 Å². The van der Waals surface area contributed by atoms with Crippen LogP contribution in [0.15, 0.2) is 66.7 Å². The SMILES string of the molecule is Cc1cccc(C(C)C)c1NC(=O)c1ccc2c(c1)[C@@H]1[C@H]3CC[C@@H](C3)[C@@H]1[C@H](c1ccccc1)N2. The maximum Gasteiger partial charge on any atom is 0.255 e. The van der Waals surface area contributed by atoms with Crippen LogP contribution in [0.3, 0.4) is 0 Å². The average Bonchev–Trinajstić information content (AvgIpc) is 3.48. The molecule has 3 heteroatoms. The number of hydrogen-bond acceptors (Lipinski definition) is 2. The molecular weight excluding hydrogens is 416 g/mol. The molecule has 3 aliphatic rings. The smallest absolute Gasteiger partial charge is 0.255 e. The van der Waals surface area contributed by atoms with Crippen molar-refractivity contribution >= 4 is 17.3 Å². The highest BCUT2D eigenvalue weighted by Gasteiger charge is 2.53. The number of para-hydroxylation sites is 1. The van der Waals surface area contributed by atoms with Gasteiger partial charge in [-0.1, -0.05) is 62.4 Å². The topological polar surface area (TPSA) is 41.1 Å². The molecule has 3 aromatic rings. The lowest BCUT2D eigenvalue weighted by molar-refractivity contribution is 0.102. The Labute approximate surface area is 203 Å². The number of benzene rings is 3. The Bertz CT molecular complexity index is 1230. The fourth-order valence-electron chi connectivity index (χ4n) is 7.15. The summed E-state index contributed by atoms with van der Waals surface area (Å²) in [5.74, 6) is 3.01. The molecule has 0 aromatic heterocycles. The van der Waals surface area contributed by atoms with Crippen LogP contribution in [0.25, 0.3) is 0 Å². The van der Waals surface area contributed by atoms with Gasteiger partial charge in [-0.3, -0.25) is 4.79 Å². The van der Waals surface area contributed by atoms with Gasteiger partial charge in [-0.25, -0.2) is 0 Å². The molecule has 5 atom stereocenters. The fraction of sp³-hybridized carbons (Fsp3) is 0.387. The summed E-state index contributed by atoms with van der Waals surface area (Å²) in [6.45, 7) is 6.42. The molecule has 2 N–H and O–H groups in total. The van der Waals surface area contributed by atoms with E-state index in [1.807, 2.05) is 6.07 Å². The van der Waals surface area contributed by atoms with Gasteiger partial charge < -0.3 is 10.6 Å². The third kappa shape index (κ3) is 3.45. The van der Waals surface area contributed by atoms with Gasteiger partial charge in [0.1, 0.15) is 0 Å². The van der Waals surface area contributed by atoms with Crippen molar-refractivity contribution in [3.05, 3.63) is 94.5 Å². The first kappa shape index (κ1) is 21.5. The number of fused-ring (bicyclic) bond motifs is 7. The van der Waals surface area contributed by atoms with E-state index in [1.165, 1.54) is 41.6 Å². The zero-order chi connectivity index (χ0) is 23.4. The zero-order valence-corrected chi connectivity index (χ0v) is 20.3. The van der Waals surface area contributed by atoms with Crippen molar-refractivity contribution < 1.29 is 4.79 Å². The van der Waals surface area contributed by atoms with E-state index in [1.54, 1.807) is 0 Å². The molecule has 0 spiro atoms. The van der Waals surface area contributed by atoms with Crippen LogP contribution in [0.4, 0.5) is 11.4 Å². The number of rotatable bonds is 4. The first-order valence-electron chi connectivity index (χ1n) is 12.9. The van der Waals surface area contributed by atoms with Crippen molar-refractivity contribution in [1.29, 1.82) is 0 Å². The average molecular weight is 451 g/mol. The molecule has 2 fully saturated rings. The third-order valence-corrected chi connectivity index (χ3v) is 8.67. The summed E-state index contributed by atoms with van der Waals surface area (Å²) >= 11 is 0. The minimum atomic E-state index is -0.0103. The lowest BCUT2D eigenvalue weighted by atomic mass is 9.68. The molecule has 1 heterocycles. The summed E-state index contributed by atoms with van der Waals surface area (Å²) in [5, 5.41) is 7.14. The molecular formula is C31H34N2O. The van der Waals surface area contributed by atoms with Crippen molar-refractivity contribution in [1.82, 2.24) is 0 Å². The second kappa shape index (κ2) is 8.30. The van der Waals surface area contributed by atoms with Crippen molar-refractivity contribution in [3.8, 4) is 0 Å². The van der Waals surface area contributed by atoms with E-state index in [9.17, 15) is 4.79 Å². The van der Waals surface area contributed by atoms with Gasteiger partial charge >= 0.3 is 0 Å². The highest BCUT2D eigenvalue weighted by molar-refractivity contribution is 6.05. The number of amides is 1. The molecule has 2 aliphatic carbocycles. The number of nitrogens with one attached hydrogen (secondary N) is 2. The van der Waals surface area contributed by atoms with E-state index in [2.05, 4.69) is 92.1 Å². The molecule has 2 bridgehead atoms. The van der Waals surface area contributed by atoms with Gasteiger partial charge in [0.05, 0.1) is 6.04 Å². The van der Waals surface area contributed by atoms with Crippen LogP contribution < -0.4 is 10.6 Å². The van der Waals surface area contributed by atoms with Crippen molar-refractivity contribution in [2.24, 2.45) is 17.8 Å². The highest BCUT2D eigenvalue weighted by Crippen LogP contribution is 2.63. The van der Waals surface area contributed by atoms with Gasteiger partial charge in [0.25, 0.3) is 5.91 Å². The Morgan fingerprint density at radius 1 is 0.971 bits per heavy atom.